The van der Waals surface area contributed by atoms with Crippen LogP contribution >= 0.6 is 9.16 Å². The number of Topliss-reactive ketones (excluding diaryl/α,β-unsaturated/α-hetero) is 4. The summed E-state index contributed by atoms with van der Waals surface area (Å²) in [6, 6.07) is 48.5. The van der Waals surface area contributed by atoms with Crippen molar-refractivity contribution in [3.05, 3.63) is 214 Å². The first-order chi connectivity index (χ1) is 27.1. The number of carbonyl (C=O) groups is 4. The van der Waals surface area contributed by atoms with Crippen molar-refractivity contribution in [1.29, 1.82) is 0 Å². The molecule has 5 heteroatoms. The Morgan fingerprint density at radius 3 is 1.43 bits per heavy atom. The second kappa shape index (κ2) is 13.0. The predicted octanol–water partition coefficient (Wildman–Crippen LogP) is 11.7. The molecule has 0 radical (unpaired) electrons. The topological polar surface area (TPSA) is 68.3 Å². The van der Waals surface area contributed by atoms with Crippen LogP contribution in [0.2, 0.25) is 0 Å². The smallest absolute Gasteiger partial charge is 0.197 e. The highest BCUT2D eigenvalue weighted by Crippen LogP contribution is 2.92. The van der Waals surface area contributed by atoms with Crippen LogP contribution in [0.5, 0.6) is 0 Å². The van der Waals surface area contributed by atoms with E-state index in [2.05, 4.69) is 92.0 Å². The van der Waals surface area contributed by atoms with Crippen LogP contribution in [0.1, 0.15) is 66.4 Å². The van der Waals surface area contributed by atoms with Crippen LogP contribution in [0.4, 0.5) is 0 Å². The Labute approximate surface area is 326 Å². The lowest BCUT2D eigenvalue weighted by Gasteiger charge is -2.58. The number of ketones is 4. The lowest BCUT2D eigenvalue weighted by atomic mass is 9.99. The van der Waals surface area contributed by atoms with Crippen LogP contribution in [0, 0.1) is 0 Å². The van der Waals surface area contributed by atoms with Gasteiger partial charge in [-0.3, -0.25) is 19.2 Å². The van der Waals surface area contributed by atoms with Crippen LogP contribution in [0.3, 0.4) is 0 Å². The molecule has 272 valence electrons. The van der Waals surface area contributed by atoms with Gasteiger partial charge >= 0.3 is 0 Å². The Hall–Kier alpha value is -6.69. The van der Waals surface area contributed by atoms with Crippen molar-refractivity contribution >= 4 is 43.9 Å². The molecule has 6 aromatic carbocycles. The Bertz CT molecular complexity index is 2740. The molecule has 0 spiro atoms. The zero-order valence-electron chi connectivity index (χ0n) is 31.2. The third kappa shape index (κ3) is 5.01. The minimum Gasteiger partial charge on any atom is -0.288 e. The Kier molecular flexibility index (Phi) is 8.11. The average Bonchev–Trinajstić information content (AvgIpc) is 3.73. The molecule has 1 aliphatic heterocycles. The molecule has 0 fully saturated rings. The quantitative estimate of drug-likeness (QED) is 0.0797. The van der Waals surface area contributed by atoms with Crippen molar-refractivity contribution in [3.63, 3.8) is 0 Å². The minimum absolute atomic E-state index is 0.186. The zero-order valence-corrected chi connectivity index (χ0v) is 32.1. The van der Waals surface area contributed by atoms with Gasteiger partial charge in [0.25, 0.3) is 0 Å². The number of fused-ring (bicyclic) bond motifs is 5. The highest BCUT2D eigenvalue weighted by molar-refractivity contribution is 8.49. The van der Waals surface area contributed by atoms with Gasteiger partial charge in [-0.25, -0.2) is 9.16 Å². The minimum atomic E-state index is -3.47. The monoisotopic (exact) mass is 746 g/mol. The lowest BCUT2D eigenvalue weighted by Crippen LogP contribution is -2.17. The first-order valence-electron chi connectivity index (χ1n) is 18.7. The van der Waals surface area contributed by atoms with Gasteiger partial charge in [0, 0.05) is 22.3 Å². The molecule has 0 aromatic heterocycles. The molecule has 4 nitrogen and oxygen atoms in total. The van der Waals surface area contributed by atoms with E-state index in [4.69, 9.17) is 0 Å². The maximum absolute atomic E-state index is 13.5. The van der Waals surface area contributed by atoms with E-state index in [-0.39, 0.29) is 34.3 Å². The summed E-state index contributed by atoms with van der Waals surface area (Å²) in [5.41, 5.74) is 8.15. The van der Waals surface area contributed by atoms with Gasteiger partial charge in [-0.05, 0) is 91.8 Å². The molecule has 1 heterocycles. The van der Waals surface area contributed by atoms with Crippen LogP contribution in [0.15, 0.2) is 200 Å². The molecule has 0 bridgehead atoms. The van der Waals surface area contributed by atoms with Crippen LogP contribution < -0.4 is 0 Å². The largest absolute Gasteiger partial charge is 0.288 e. The van der Waals surface area contributed by atoms with Crippen LogP contribution in [0.25, 0.3) is 22.8 Å². The highest BCUT2D eigenvalue weighted by atomic mass is 32.3. The summed E-state index contributed by atoms with van der Waals surface area (Å²) in [7, 11) is -3.47. The third-order valence-corrected chi connectivity index (χ3v) is 18.2. The zero-order chi connectivity index (χ0) is 38.8. The van der Waals surface area contributed by atoms with Gasteiger partial charge in [0.05, 0.1) is 11.1 Å². The van der Waals surface area contributed by atoms with Crippen molar-refractivity contribution in [3.8, 4) is 11.1 Å². The van der Waals surface area contributed by atoms with Gasteiger partial charge in [-0.15, -0.1) is 0 Å². The second-order valence-corrected chi connectivity index (χ2v) is 20.2. The van der Waals surface area contributed by atoms with E-state index in [0.717, 1.165) is 33.4 Å². The summed E-state index contributed by atoms with van der Waals surface area (Å²) in [6.45, 7) is 3.98. The molecule has 9 rings (SSSR count). The summed E-state index contributed by atoms with van der Waals surface area (Å²) in [5, 5.41) is 0. The highest BCUT2D eigenvalue weighted by Gasteiger charge is 2.51. The fraction of sp³-hybridized carbons (Fsp3) is 0.0588. The Morgan fingerprint density at radius 2 is 0.911 bits per heavy atom. The van der Waals surface area contributed by atoms with Crippen molar-refractivity contribution < 1.29 is 19.2 Å². The summed E-state index contributed by atoms with van der Waals surface area (Å²) in [6.07, 6.45) is 9.87. The molecule has 3 aliphatic rings. The van der Waals surface area contributed by atoms with E-state index in [1.54, 1.807) is 60.7 Å². The van der Waals surface area contributed by atoms with Gasteiger partial charge in [0.2, 0.25) is 0 Å². The summed E-state index contributed by atoms with van der Waals surface area (Å²) in [5.74, 6) is -0.958. The van der Waals surface area contributed by atoms with Gasteiger partial charge in [0.15, 0.2) is 23.1 Å². The number of allylic oxidation sites excluding steroid dienone is 7. The number of thiol groups is 1. The lowest BCUT2D eigenvalue weighted by molar-refractivity contribution is 0.0974. The van der Waals surface area contributed by atoms with Crippen molar-refractivity contribution in [1.82, 2.24) is 0 Å². The Morgan fingerprint density at radius 1 is 0.464 bits per heavy atom. The van der Waals surface area contributed by atoms with E-state index >= 15 is 0 Å². The summed E-state index contributed by atoms with van der Waals surface area (Å²) in [4.78, 5) is 57.9. The summed E-state index contributed by atoms with van der Waals surface area (Å²) < 4.78 is 0. The van der Waals surface area contributed by atoms with E-state index in [1.807, 2.05) is 37.3 Å². The van der Waals surface area contributed by atoms with Crippen molar-refractivity contribution in [2.45, 2.75) is 33.4 Å². The number of hydrogen-bond acceptors (Lipinski definition) is 4. The maximum atomic E-state index is 13.5. The van der Waals surface area contributed by atoms with E-state index in [0.29, 0.717) is 22.3 Å². The molecule has 56 heavy (non-hydrogen) atoms. The molecular formula is C51H38O4S. The number of rotatable bonds is 6. The first-order valence-corrected chi connectivity index (χ1v) is 21.4. The number of hydrogen-bond donors (Lipinski definition) is 1. The first kappa shape index (κ1) is 35.0. The molecule has 6 aromatic rings. The number of carbonyl (C=O) groups excluding carboxylic acids is 4. The fourth-order valence-corrected chi connectivity index (χ4v) is 14.9. The average molecular weight is 747 g/mol. The molecule has 0 atom stereocenters. The summed E-state index contributed by atoms with van der Waals surface area (Å²) >= 11 is 0. The van der Waals surface area contributed by atoms with E-state index < -0.39 is 9.16 Å². The SMILES string of the molecule is C/C(C=C1C(=O)c2ccccc2C1=O)=C\C=C(/C)c1ccc2c(c1)[SH](C)(c1ccccc1)(c1ccccc1)c1cc(C=C3C(=O)c4ccccc4C3=O)ccc1-2. The number of benzene rings is 6. The van der Waals surface area contributed by atoms with Gasteiger partial charge in [-0.2, -0.15) is 0 Å². The van der Waals surface area contributed by atoms with Crippen molar-refractivity contribution in [2.24, 2.45) is 0 Å². The van der Waals surface area contributed by atoms with E-state index in [1.165, 1.54) is 19.6 Å². The normalized spacial score (nSPS) is 17.2. The van der Waals surface area contributed by atoms with Crippen LogP contribution in [-0.2, 0) is 0 Å². The molecule has 0 N–H and O–H groups in total. The van der Waals surface area contributed by atoms with Gasteiger partial charge < -0.3 is 0 Å². The molecule has 0 saturated heterocycles. The fourth-order valence-electron chi connectivity index (χ4n) is 8.83. The molecule has 2 aliphatic carbocycles. The third-order valence-electron chi connectivity index (χ3n) is 11.9. The van der Waals surface area contributed by atoms with Gasteiger partial charge in [-0.1, -0.05) is 151 Å². The molecule has 0 saturated carbocycles. The molecule has 0 unspecified atom stereocenters. The van der Waals surface area contributed by atoms with E-state index in [9.17, 15) is 19.2 Å². The van der Waals surface area contributed by atoms with Crippen molar-refractivity contribution in [2.75, 3.05) is 6.26 Å². The standard InChI is InChI=1S/C51H38O4S/c1-32(28-44-48(52)40-18-10-11-19-41(40)49(44)53)22-23-33(2)35-25-27-39-38-26-24-34(29-45-50(54)42-20-12-13-21-43(42)51(45)55)30-46(38)56(3,47(39)31-35,36-14-6-4-7-15-36)37-16-8-5-9-17-37/h4-31,56H,1-3H3/b32-22+,33-23+. The van der Waals surface area contributed by atoms with Gasteiger partial charge in [0.1, 0.15) is 0 Å². The molecule has 0 amide bonds. The predicted molar refractivity (Wildman–Crippen MR) is 226 cm³/mol. The van der Waals surface area contributed by atoms with Crippen LogP contribution in [-0.4, -0.2) is 29.4 Å². The Balaban J connectivity index is 1.19. The second-order valence-electron chi connectivity index (χ2n) is 15.0. The maximum Gasteiger partial charge on any atom is 0.197 e. The molecular weight excluding hydrogens is 709 g/mol.